The number of para-hydroxylation sites is 1. The van der Waals surface area contributed by atoms with Crippen LogP contribution in [0.2, 0.25) is 0 Å². The number of nitrogen functional groups attached to an aromatic ring is 1. The Kier molecular flexibility index (Phi) is 4.35. The third-order valence-corrected chi connectivity index (χ3v) is 2.94. The van der Waals surface area contributed by atoms with E-state index in [9.17, 15) is 4.79 Å². The van der Waals surface area contributed by atoms with Crippen LogP contribution in [0.4, 0.5) is 11.4 Å². The zero-order valence-corrected chi connectivity index (χ0v) is 11.0. The molecule has 0 atom stereocenters. The van der Waals surface area contributed by atoms with Gasteiger partial charge in [0.2, 0.25) is 5.91 Å². The zero-order chi connectivity index (χ0) is 14.4. The van der Waals surface area contributed by atoms with E-state index in [1.165, 1.54) is 0 Å². The van der Waals surface area contributed by atoms with E-state index in [-0.39, 0.29) is 5.91 Å². The molecule has 0 aliphatic rings. The van der Waals surface area contributed by atoms with Crippen molar-refractivity contribution in [3.63, 3.8) is 0 Å². The number of rotatable bonds is 4. The molecule has 0 bridgehead atoms. The van der Waals surface area contributed by atoms with Gasteiger partial charge in [-0.15, -0.1) is 0 Å². The van der Waals surface area contributed by atoms with Gasteiger partial charge in [0.25, 0.3) is 0 Å². The van der Waals surface area contributed by atoms with Crippen LogP contribution in [-0.2, 0) is 11.2 Å². The number of carbonyl (C=O) groups is 1. The summed E-state index contributed by atoms with van der Waals surface area (Å²) < 4.78 is 0. The lowest BCUT2D eigenvalue weighted by Crippen LogP contribution is -2.13. The molecular formula is C16H15N3O. The Bertz CT molecular complexity index is 642. The summed E-state index contributed by atoms with van der Waals surface area (Å²) in [4.78, 5) is 11.9. The van der Waals surface area contributed by atoms with E-state index in [1.807, 2.05) is 24.3 Å². The monoisotopic (exact) mass is 265 g/mol. The average Bonchev–Trinajstić information content (AvgIpc) is 2.47. The van der Waals surface area contributed by atoms with E-state index in [4.69, 9.17) is 11.0 Å². The van der Waals surface area contributed by atoms with Gasteiger partial charge in [-0.3, -0.25) is 4.79 Å². The largest absolute Gasteiger partial charge is 0.399 e. The van der Waals surface area contributed by atoms with Gasteiger partial charge in [-0.2, -0.15) is 5.26 Å². The van der Waals surface area contributed by atoms with Crippen molar-refractivity contribution in [2.24, 2.45) is 0 Å². The fourth-order valence-electron chi connectivity index (χ4n) is 1.84. The number of amides is 1. The number of benzene rings is 2. The Hall–Kier alpha value is -2.80. The van der Waals surface area contributed by atoms with Crippen LogP contribution in [0.1, 0.15) is 17.5 Å². The second-order valence-electron chi connectivity index (χ2n) is 4.45. The second kappa shape index (κ2) is 6.39. The molecule has 0 unspecified atom stereocenters. The molecule has 4 heteroatoms. The Morgan fingerprint density at radius 1 is 1.15 bits per heavy atom. The molecule has 100 valence electrons. The minimum Gasteiger partial charge on any atom is -0.399 e. The summed E-state index contributed by atoms with van der Waals surface area (Å²) in [7, 11) is 0. The normalized spacial score (nSPS) is 9.75. The molecular weight excluding hydrogens is 250 g/mol. The highest BCUT2D eigenvalue weighted by molar-refractivity contribution is 5.92. The van der Waals surface area contributed by atoms with Gasteiger partial charge in [-0.25, -0.2) is 0 Å². The topological polar surface area (TPSA) is 78.9 Å². The van der Waals surface area contributed by atoms with Gasteiger partial charge in [0.15, 0.2) is 0 Å². The summed E-state index contributed by atoms with van der Waals surface area (Å²) in [6.07, 6.45) is 1.00. The number of nitriles is 1. The molecule has 2 aromatic rings. The van der Waals surface area contributed by atoms with Crippen molar-refractivity contribution < 1.29 is 4.79 Å². The van der Waals surface area contributed by atoms with Crippen molar-refractivity contribution in [3.05, 3.63) is 59.7 Å². The molecule has 1 amide bonds. The summed E-state index contributed by atoms with van der Waals surface area (Å²) in [5, 5.41) is 11.7. The van der Waals surface area contributed by atoms with Crippen LogP contribution in [-0.4, -0.2) is 5.91 Å². The van der Waals surface area contributed by atoms with Crippen molar-refractivity contribution in [3.8, 4) is 6.07 Å². The van der Waals surface area contributed by atoms with E-state index >= 15 is 0 Å². The van der Waals surface area contributed by atoms with Crippen molar-refractivity contribution >= 4 is 17.3 Å². The Morgan fingerprint density at radius 3 is 2.55 bits per heavy atom. The average molecular weight is 265 g/mol. The maximum absolute atomic E-state index is 11.9. The maximum Gasteiger partial charge on any atom is 0.224 e. The van der Waals surface area contributed by atoms with Gasteiger partial charge >= 0.3 is 0 Å². The van der Waals surface area contributed by atoms with E-state index in [0.29, 0.717) is 29.8 Å². The van der Waals surface area contributed by atoms with Crippen LogP contribution in [0.3, 0.4) is 0 Å². The van der Waals surface area contributed by atoms with E-state index in [0.717, 1.165) is 5.56 Å². The summed E-state index contributed by atoms with van der Waals surface area (Å²) in [5.41, 5.74) is 8.39. The highest BCUT2D eigenvalue weighted by Crippen LogP contribution is 2.14. The van der Waals surface area contributed by atoms with E-state index in [2.05, 4.69) is 11.4 Å². The smallest absolute Gasteiger partial charge is 0.224 e. The first-order chi connectivity index (χ1) is 9.69. The quantitative estimate of drug-likeness (QED) is 0.834. The number of hydrogen-bond donors (Lipinski definition) is 2. The minimum atomic E-state index is -0.107. The maximum atomic E-state index is 11.9. The van der Waals surface area contributed by atoms with Crippen molar-refractivity contribution in [2.45, 2.75) is 12.8 Å². The van der Waals surface area contributed by atoms with Crippen molar-refractivity contribution in [1.82, 2.24) is 0 Å². The SMILES string of the molecule is N#Cc1ccccc1NC(=O)CCc1ccc(N)cc1. The molecule has 0 saturated heterocycles. The summed E-state index contributed by atoms with van der Waals surface area (Å²) in [6.45, 7) is 0. The molecule has 0 aliphatic carbocycles. The van der Waals surface area contributed by atoms with Gasteiger partial charge in [0.05, 0.1) is 11.3 Å². The van der Waals surface area contributed by atoms with Crippen LogP contribution in [0, 0.1) is 11.3 Å². The van der Waals surface area contributed by atoms with Gasteiger partial charge in [0, 0.05) is 12.1 Å². The lowest BCUT2D eigenvalue weighted by Gasteiger charge is -2.07. The van der Waals surface area contributed by atoms with Gasteiger partial charge in [-0.05, 0) is 36.2 Å². The lowest BCUT2D eigenvalue weighted by molar-refractivity contribution is -0.116. The molecule has 3 N–H and O–H groups in total. The predicted molar refractivity (Wildman–Crippen MR) is 79.0 cm³/mol. The first kappa shape index (κ1) is 13.6. The summed E-state index contributed by atoms with van der Waals surface area (Å²) in [5.74, 6) is -0.107. The number of anilines is 2. The Balaban J connectivity index is 1.93. The molecule has 4 nitrogen and oxygen atoms in total. The molecule has 0 aliphatic heterocycles. The van der Waals surface area contributed by atoms with Gasteiger partial charge < -0.3 is 11.1 Å². The predicted octanol–water partition coefficient (Wildman–Crippen LogP) is 2.71. The molecule has 0 heterocycles. The highest BCUT2D eigenvalue weighted by atomic mass is 16.1. The number of aryl methyl sites for hydroxylation is 1. The van der Waals surface area contributed by atoms with Crippen LogP contribution in [0.5, 0.6) is 0 Å². The molecule has 2 rings (SSSR count). The molecule has 20 heavy (non-hydrogen) atoms. The molecule has 0 fully saturated rings. The first-order valence-corrected chi connectivity index (χ1v) is 6.32. The first-order valence-electron chi connectivity index (χ1n) is 6.32. The highest BCUT2D eigenvalue weighted by Gasteiger charge is 2.06. The Labute approximate surface area is 117 Å². The molecule has 0 aromatic heterocycles. The fraction of sp³-hybridized carbons (Fsp3) is 0.125. The van der Waals surface area contributed by atoms with E-state index < -0.39 is 0 Å². The zero-order valence-electron chi connectivity index (χ0n) is 11.0. The molecule has 0 radical (unpaired) electrons. The summed E-state index contributed by atoms with van der Waals surface area (Å²) >= 11 is 0. The van der Waals surface area contributed by atoms with Crippen molar-refractivity contribution in [1.29, 1.82) is 5.26 Å². The van der Waals surface area contributed by atoms with Crippen molar-refractivity contribution in [2.75, 3.05) is 11.1 Å². The Morgan fingerprint density at radius 2 is 1.85 bits per heavy atom. The van der Waals surface area contributed by atoms with Gasteiger partial charge in [0.1, 0.15) is 6.07 Å². The standard InChI is InChI=1S/C16H15N3O/c17-11-13-3-1-2-4-15(13)19-16(20)10-7-12-5-8-14(18)9-6-12/h1-6,8-9H,7,10,18H2,(H,19,20). The second-order valence-corrected chi connectivity index (χ2v) is 4.45. The summed E-state index contributed by atoms with van der Waals surface area (Å²) in [6, 6.07) is 16.5. The molecule has 0 saturated carbocycles. The number of nitrogens with zero attached hydrogens (tertiary/aromatic N) is 1. The minimum absolute atomic E-state index is 0.107. The molecule has 0 spiro atoms. The number of nitrogens with two attached hydrogens (primary N) is 1. The van der Waals surface area contributed by atoms with Gasteiger partial charge in [-0.1, -0.05) is 24.3 Å². The van der Waals surface area contributed by atoms with Crippen LogP contribution >= 0.6 is 0 Å². The number of nitrogens with one attached hydrogen (secondary N) is 1. The third kappa shape index (κ3) is 3.59. The van der Waals surface area contributed by atoms with Crippen LogP contribution < -0.4 is 11.1 Å². The van der Waals surface area contributed by atoms with Crippen LogP contribution in [0.25, 0.3) is 0 Å². The fourth-order valence-corrected chi connectivity index (χ4v) is 1.84. The third-order valence-electron chi connectivity index (χ3n) is 2.94. The van der Waals surface area contributed by atoms with Crippen LogP contribution in [0.15, 0.2) is 48.5 Å². The molecule has 2 aromatic carbocycles. The number of carbonyl (C=O) groups excluding carboxylic acids is 1. The number of hydrogen-bond acceptors (Lipinski definition) is 3. The lowest BCUT2D eigenvalue weighted by atomic mass is 10.1. The van der Waals surface area contributed by atoms with E-state index in [1.54, 1.807) is 24.3 Å².